The zero-order chi connectivity index (χ0) is 13.8. The van der Waals surface area contributed by atoms with Crippen LogP contribution in [-0.2, 0) is 0 Å². The molecule has 0 aromatic carbocycles. The SMILES string of the molecule is Nc1nc(N2CCCCCCC2)nc(-n2ccnc2)n1. The molecule has 0 bridgehead atoms. The van der Waals surface area contributed by atoms with Crippen molar-refractivity contribution in [3.63, 3.8) is 0 Å². The molecular weight excluding hydrogens is 254 g/mol. The molecular formula is C13H19N7. The number of nitrogens with two attached hydrogens (primary N) is 1. The van der Waals surface area contributed by atoms with Gasteiger partial charge in [-0.05, 0) is 12.8 Å². The summed E-state index contributed by atoms with van der Waals surface area (Å²) in [5.74, 6) is 1.44. The number of rotatable bonds is 2. The number of hydrogen-bond donors (Lipinski definition) is 1. The zero-order valence-electron chi connectivity index (χ0n) is 11.4. The molecule has 1 aliphatic heterocycles. The van der Waals surface area contributed by atoms with Crippen molar-refractivity contribution < 1.29 is 0 Å². The molecule has 0 atom stereocenters. The molecule has 2 aromatic rings. The highest BCUT2D eigenvalue weighted by molar-refractivity contribution is 5.37. The number of nitrogens with zero attached hydrogens (tertiary/aromatic N) is 6. The Kier molecular flexibility index (Phi) is 3.76. The number of aromatic nitrogens is 5. The van der Waals surface area contributed by atoms with Gasteiger partial charge in [-0.15, -0.1) is 0 Å². The second kappa shape index (κ2) is 5.85. The molecule has 1 aliphatic rings. The highest BCUT2D eigenvalue weighted by Crippen LogP contribution is 2.17. The van der Waals surface area contributed by atoms with Gasteiger partial charge in [0, 0.05) is 25.5 Å². The van der Waals surface area contributed by atoms with Crippen molar-refractivity contribution >= 4 is 11.9 Å². The van der Waals surface area contributed by atoms with Crippen LogP contribution in [0.2, 0.25) is 0 Å². The molecule has 1 fully saturated rings. The van der Waals surface area contributed by atoms with E-state index in [4.69, 9.17) is 5.73 Å². The van der Waals surface area contributed by atoms with Crippen molar-refractivity contribution in [1.29, 1.82) is 0 Å². The third-order valence-corrected chi connectivity index (χ3v) is 3.50. The number of hydrogen-bond acceptors (Lipinski definition) is 6. The van der Waals surface area contributed by atoms with Crippen LogP contribution in [0.25, 0.3) is 5.95 Å². The van der Waals surface area contributed by atoms with Gasteiger partial charge < -0.3 is 10.6 Å². The first-order valence-electron chi connectivity index (χ1n) is 7.08. The predicted octanol–water partition coefficient (Wildman–Crippen LogP) is 1.41. The molecule has 0 spiro atoms. The first-order valence-corrected chi connectivity index (χ1v) is 7.08. The molecule has 106 valence electrons. The highest BCUT2D eigenvalue weighted by Gasteiger charge is 2.14. The third kappa shape index (κ3) is 2.87. The summed E-state index contributed by atoms with van der Waals surface area (Å²) in [5, 5.41) is 0. The van der Waals surface area contributed by atoms with Gasteiger partial charge in [0.1, 0.15) is 6.33 Å². The van der Waals surface area contributed by atoms with Crippen LogP contribution in [-0.4, -0.2) is 37.6 Å². The van der Waals surface area contributed by atoms with Crippen LogP contribution in [0.5, 0.6) is 0 Å². The van der Waals surface area contributed by atoms with E-state index < -0.39 is 0 Å². The van der Waals surface area contributed by atoms with Gasteiger partial charge >= 0.3 is 0 Å². The molecule has 0 amide bonds. The fourth-order valence-corrected chi connectivity index (χ4v) is 2.45. The molecule has 7 heteroatoms. The van der Waals surface area contributed by atoms with Gasteiger partial charge in [0.05, 0.1) is 0 Å². The Balaban J connectivity index is 1.88. The van der Waals surface area contributed by atoms with Crippen LogP contribution in [0, 0.1) is 0 Å². The van der Waals surface area contributed by atoms with Crippen LogP contribution in [0.3, 0.4) is 0 Å². The maximum absolute atomic E-state index is 5.82. The summed E-state index contributed by atoms with van der Waals surface area (Å²) in [6.45, 7) is 1.96. The Labute approximate surface area is 117 Å². The lowest BCUT2D eigenvalue weighted by atomic mass is 10.1. The molecule has 20 heavy (non-hydrogen) atoms. The van der Waals surface area contributed by atoms with E-state index in [1.807, 2.05) is 0 Å². The fourth-order valence-electron chi connectivity index (χ4n) is 2.45. The van der Waals surface area contributed by atoms with E-state index >= 15 is 0 Å². The lowest BCUT2D eigenvalue weighted by molar-refractivity contribution is 0.550. The summed E-state index contributed by atoms with van der Waals surface area (Å²) in [5.41, 5.74) is 5.82. The normalized spacial score (nSPS) is 16.7. The Morgan fingerprint density at radius 1 is 0.900 bits per heavy atom. The molecule has 2 aromatic heterocycles. The molecule has 0 radical (unpaired) electrons. The van der Waals surface area contributed by atoms with Gasteiger partial charge in [-0.3, -0.25) is 4.57 Å². The van der Waals surface area contributed by atoms with Crippen molar-refractivity contribution in [2.75, 3.05) is 23.7 Å². The minimum absolute atomic E-state index is 0.251. The highest BCUT2D eigenvalue weighted by atomic mass is 15.3. The number of anilines is 2. The summed E-state index contributed by atoms with van der Waals surface area (Å²) in [6, 6.07) is 0. The Morgan fingerprint density at radius 3 is 2.30 bits per heavy atom. The van der Waals surface area contributed by atoms with E-state index in [1.54, 1.807) is 23.3 Å². The van der Waals surface area contributed by atoms with Crippen molar-refractivity contribution in [1.82, 2.24) is 24.5 Å². The Morgan fingerprint density at radius 2 is 1.60 bits per heavy atom. The van der Waals surface area contributed by atoms with Gasteiger partial charge in [-0.2, -0.15) is 15.0 Å². The van der Waals surface area contributed by atoms with Crippen LogP contribution < -0.4 is 10.6 Å². The summed E-state index contributed by atoms with van der Waals surface area (Å²) < 4.78 is 1.74. The average molecular weight is 273 g/mol. The van der Waals surface area contributed by atoms with Crippen molar-refractivity contribution in [2.45, 2.75) is 32.1 Å². The molecule has 2 N–H and O–H groups in total. The van der Waals surface area contributed by atoms with Gasteiger partial charge in [-0.1, -0.05) is 19.3 Å². The van der Waals surface area contributed by atoms with E-state index in [2.05, 4.69) is 24.8 Å². The van der Waals surface area contributed by atoms with E-state index in [9.17, 15) is 0 Å². The summed E-state index contributed by atoms with van der Waals surface area (Å²) in [4.78, 5) is 19.2. The Hall–Kier alpha value is -2.18. The van der Waals surface area contributed by atoms with Gasteiger partial charge in [-0.25, -0.2) is 4.98 Å². The van der Waals surface area contributed by atoms with Crippen LogP contribution >= 0.6 is 0 Å². The molecule has 0 saturated carbocycles. The molecule has 0 unspecified atom stereocenters. The summed E-state index contributed by atoms with van der Waals surface area (Å²) in [7, 11) is 0. The van der Waals surface area contributed by atoms with Gasteiger partial charge in [0.2, 0.25) is 17.8 Å². The minimum atomic E-state index is 0.251. The average Bonchev–Trinajstić information content (AvgIpc) is 2.91. The maximum Gasteiger partial charge on any atom is 0.241 e. The monoisotopic (exact) mass is 273 g/mol. The fraction of sp³-hybridized carbons (Fsp3) is 0.538. The van der Waals surface area contributed by atoms with Crippen molar-refractivity contribution in [3.8, 4) is 5.95 Å². The lowest BCUT2D eigenvalue weighted by Gasteiger charge is -2.24. The molecule has 7 nitrogen and oxygen atoms in total. The molecule has 3 rings (SSSR count). The first kappa shape index (κ1) is 12.8. The maximum atomic E-state index is 5.82. The largest absolute Gasteiger partial charge is 0.368 e. The topological polar surface area (TPSA) is 85.8 Å². The van der Waals surface area contributed by atoms with Gasteiger partial charge in [0.15, 0.2) is 0 Å². The molecule has 1 saturated heterocycles. The number of imidazole rings is 1. The number of nitrogen functional groups attached to an aromatic ring is 1. The second-order valence-corrected chi connectivity index (χ2v) is 5.02. The minimum Gasteiger partial charge on any atom is -0.368 e. The molecule has 3 heterocycles. The van der Waals surface area contributed by atoms with Crippen LogP contribution in [0.1, 0.15) is 32.1 Å². The van der Waals surface area contributed by atoms with E-state index in [0.29, 0.717) is 11.9 Å². The summed E-state index contributed by atoms with van der Waals surface area (Å²) in [6.07, 6.45) is 11.4. The van der Waals surface area contributed by atoms with E-state index in [-0.39, 0.29) is 5.95 Å². The summed E-state index contributed by atoms with van der Waals surface area (Å²) >= 11 is 0. The first-order chi connectivity index (χ1) is 9.83. The standard InChI is InChI=1S/C13H19N7/c14-11-16-12(19-7-4-2-1-3-5-8-19)18-13(17-11)20-9-6-15-10-20/h6,9-10H,1-5,7-8H2,(H2,14,16,17,18). The van der Waals surface area contributed by atoms with Crippen molar-refractivity contribution in [3.05, 3.63) is 18.7 Å². The van der Waals surface area contributed by atoms with E-state index in [0.717, 1.165) is 13.1 Å². The van der Waals surface area contributed by atoms with Crippen LogP contribution in [0.4, 0.5) is 11.9 Å². The van der Waals surface area contributed by atoms with Crippen molar-refractivity contribution in [2.24, 2.45) is 0 Å². The lowest BCUT2D eigenvalue weighted by Crippen LogP contribution is -2.29. The smallest absolute Gasteiger partial charge is 0.241 e. The van der Waals surface area contributed by atoms with Crippen LogP contribution in [0.15, 0.2) is 18.7 Å². The Bertz CT molecular complexity index is 544. The van der Waals surface area contributed by atoms with E-state index in [1.165, 1.54) is 32.1 Å². The quantitative estimate of drug-likeness (QED) is 0.890. The third-order valence-electron chi connectivity index (χ3n) is 3.50. The zero-order valence-corrected chi connectivity index (χ0v) is 11.4. The predicted molar refractivity (Wildman–Crippen MR) is 76.7 cm³/mol. The van der Waals surface area contributed by atoms with Gasteiger partial charge in [0.25, 0.3) is 0 Å². The second-order valence-electron chi connectivity index (χ2n) is 5.02. The molecule has 0 aliphatic carbocycles.